The fourth-order valence-corrected chi connectivity index (χ4v) is 2.19. The summed E-state index contributed by atoms with van der Waals surface area (Å²) in [6, 6.07) is 4.77. The highest BCUT2D eigenvalue weighted by molar-refractivity contribution is 5.79. The zero-order chi connectivity index (χ0) is 14.4. The van der Waals surface area contributed by atoms with Gasteiger partial charge in [0.2, 0.25) is 0 Å². The van der Waals surface area contributed by atoms with E-state index in [0.29, 0.717) is 0 Å². The van der Waals surface area contributed by atoms with Crippen LogP contribution in [0.2, 0.25) is 0 Å². The molecule has 0 aliphatic carbocycles. The number of aliphatic carboxylic acids is 1. The van der Waals surface area contributed by atoms with Gasteiger partial charge in [-0.05, 0) is 36.0 Å². The second kappa shape index (κ2) is 6.92. The van der Waals surface area contributed by atoms with E-state index in [4.69, 9.17) is 9.84 Å². The molecule has 0 aromatic heterocycles. The van der Waals surface area contributed by atoms with Crippen LogP contribution in [-0.2, 0) is 4.79 Å². The van der Waals surface area contributed by atoms with E-state index in [0.717, 1.165) is 18.1 Å². The number of methoxy groups -OCH3 is 1. The van der Waals surface area contributed by atoms with Crippen molar-refractivity contribution in [3.8, 4) is 5.75 Å². The second-order valence-electron chi connectivity index (χ2n) is 4.47. The van der Waals surface area contributed by atoms with E-state index >= 15 is 0 Å². The summed E-state index contributed by atoms with van der Waals surface area (Å²) in [5.41, 5.74) is 0.947. The zero-order valence-corrected chi connectivity index (χ0v) is 11.4. The second-order valence-corrected chi connectivity index (χ2v) is 4.47. The summed E-state index contributed by atoms with van der Waals surface area (Å²) in [7, 11) is 1.43. The summed E-state index contributed by atoms with van der Waals surface area (Å²) < 4.78 is 18.3. The molecule has 0 aliphatic rings. The van der Waals surface area contributed by atoms with Gasteiger partial charge in [0.25, 0.3) is 0 Å². The Bertz CT molecular complexity index is 468. The van der Waals surface area contributed by atoms with Gasteiger partial charge < -0.3 is 9.84 Å². The molecule has 0 heterocycles. The highest BCUT2D eigenvalue weighted by Gasteiger charge is 2.17. The van der Waals surface area contributed by atoms with Gasteiger partial charge in [0.1, 0.15) is 0 Å². The van der Waals surface area contributed by atoms with Crippen LogP contribution in [0.3, 0.4) is 0 Å². The first-order valence-corrected chi connectivity index (χ1v) is 6.24. The Morgan fingerprint density at radius 3 is 2.74 bits per heavy atom. The third-order valence-electron chi connectivity index (χ3n) is 3.22. The van der Waals surface area contributed by atoms with Crippen molar-refractivity contribution < 1.29 is 19.0 Å². The Balaban J connectivity index is 2.99. The molecular formula is C15H19FO3. The molecule has 0 bridgehead atoms. The molecule has 0 saturated carbocycles. The van der Waals surface area contributed by atoms with Gasteiger partial charge >= 0.3 is 5.97 Å². The summed E-state index contributed by atoms with van der Waals surface area (Å²) in [6.07, 6.45) is 3.64. The average Bonchev–Trinajstić information content (AvgIpc) is 2.39. The molecule has 0 saturated heterocycles. The molecule has 1 rings (SSSR count). The van der Waals surface area contributed by atoms with Crippen molar-refractivity contribution in [3.63, 3.8) is 0 Å². The van der Waals surface area contributed by atoms with Gasteiger partial charge in [-0.15, -0.1) is 0 Å². The number of halogens is 1. The monoisotopic (exact) mass is 266 g/mol. The van der Waals surface area contributed by atoms with Gasteiger partial charge in [-0.1, -0.05) is 26.0 Å². The van der Waals surface area contributed by atoms with Crippen LogP contribution in [-0.4, -0.2) is 18.2 Å². The van der Waals surface area contributed by atoms with Crippen LogP contribution >= 0.6 is 0 Å². The lowest BCUT2D eigenvalue weighted by molar-refractivity contribution is -0.131. The lowest BCUT2D eigenvalue weighted by Crippen LogP contribution is -2.08. The summed E-state index contributed by atoms with van der Waals surface area (Å²) >= 11 is 0. The molecule has 104 valence electrons. The van der Waals surface area contributed by atoms with Crippen LogP contribution in [0.4, 0.5) is 4.39 Å². The van der Waals surface area contributed by atoms with Crippen LogP contribution in [0.1, 0.15) is 31.7 Å². The fourth-order valence-electron chi connectivity index (χ4n) is 2.19. The summed E-state index contributed by atoms with van der Waals surface area (Å²) in [5, 5.41) is 8.65. The van der Waals surface area contributed by atoms with Crippen LogP contribution < -0.4 is 4.74 Å². The van der Waals surface area contributed by atoms with Crippen molar-refractivity contribution in [1.29, 1.82) is 0 Å². The lowest BCUT2D eigenvalue weighted by Gasteiger charge is -2.21. The minimum atomic E-state index is -0.960. The summed E-state index contributed by atoms with van der Waals surface area (Å²) in [6.45, 7) is 3.97. The number of allylic oxidation sites excluding steroid dienone is 1. The standard InChI is InChI=1S/C15H19FO3/c1-4-12(10(2)5-8-15(17)18)11-6-7-13(16)14(9-11)19-3/h5-10,12H,4H2,1-3H3,(H,17,18)/b8-5+. The molecule has 4 heteroatoms. The zero-order valence-electron chi connectivity index (χ0n) is 11.4. The molecule has 0 aliphatic heterocycles. The normalized spacial score (nSPS) is 14.3. The molecule has 0 fully saturated rings. The number of hydrogen-bond acceptors (Lipinski definition) is 2. The van der Waals surface area contributed by atoms with E-state index in [2.05, 4.69) is 0 Å². The van der Waals surface area contributed by atoms with Crippen LogP contribution in [0.5, 0.6) is 5.75 Å². The molecule has 0 radical (unpaired) electrons. The van der Waals surface area contributed by atoms with Crippen molar-refractivity contribution in [1.82, 2.24) is 0 Å². The predicted molar refractivity (Wildman–Crippen MR) is 71.9 cm³/mol. The Labute approximate surface area is 112 Å². The van der Waals surface area contributed by atoms with Crippen molar-refractivity contribution in [3.05, 3.63) is 41.7 Å². The Kier molecular flexibility index (Phi) is 5.55. The van der Waals surface area contributed by atoms with Gasteiger partial charge in [0.05, 0.1) is 7.11 Å². The predicted octanol–water partition coefficient (Wildman–Crippen LogP) is 3.60. The Morgan fingerprint density at radius 1 is 1.53 bits per heavy atom. The Hall–Kier alpha value is -1.84. The Morgan fingerprint density at radius 2 is 2.21 bits per heavy atom. The highest BCUT2D eigenvalue weighted by atomic mass is 19.1. The third-order valence-corrected chi connectivity index (χ3v) is 3.22. The number of carboxylic acid groups (broad SMARTS) is 1. The molecule has 2 atom stereocenters. The molecule has 0 spiro atoms. The third kappa shape index (κ3) is 4.09. The molecular weight excluding hydrogens is 247 g/mol. The molecule has 3 nitrogen and oxygen atoms in total. The van der Waals surface area contributed by atoms with E-state index < -0.39 is 11.8 Å². The maximum atomic E-state index is 13.4. The number of hydrogen-bond donors (Lipinski definition) is 1. The number of ether oxygens (including phenoxy) is 1. The fraction of sp³-hybridized carbons (Fsp3) is 0.400. The van der Waals surface area contributed by atoms with E-state index in [1.54, 1.807) is 18.2 Å². The van der Waals surface area contributed by atoms with Crippen LogP contribution in [0.15, 0.2) is 30.4 Å². The van der Waals surface area contributed by atoms with Crippen molar-refractivity contribution in [2.45, 2.75) is 26.2 Å². The summed E-state index contributed by atoms with van der Waals surface area (Å²) in [5.74, 6) is -0.958. The first kappa shape index (κ1) is 15.2. The number of carboxylic acids is 1. The van der Waals surface area contributed by atoms with E-state index in [9.17, 15) is 9.18 Å². The van der Waals surface area contributed by atoms with Gasteiger partial charge in [-0.3, -0.25) is 0 Å². The average molecular weight is 266 g/mol. The number of rotatable bonds is 6. The molecule has 0 amide bonds. The minimum absolute atomic E-state index is 0.0521. The molecule has 1 N–H and O–H groups in total. The smallest absolute Gasteiger partial charge is 0.327 e. The topological polar surface area (TPSA) is 46.5 Å². The lowest BCUT2D eigenvalue weighted by atomic mass is 9.85. The first-order valence-electron chi connectivity index (χ1n) is 6.24. The molecule has 1 aromatic rings. The highest BCUT2D eigenvalue weighted by Crippen LogP contribution is 2.32. The van der Waals surface area contributed by atoms with E-state index in [1.807, 2.05) is 13.8 Å². The van der Waals surface area contributed by atoms with Gasteiger partial charge in [0.15, 0.2) is 11.6 Å². The van der Waals surface area contributed by atoms with E-state index in [1.165, 1.54) is 13.2 Å². The van der Waals surface area contributed by atoms with Gasteiger partial charge in [-0.25, -0.2) is 9.18 Å². The minimum Gasteiger partial charge on any atom is -0.494 e. The SMILES string of the molecule is CCC(c1ccc(F)c(OC)c1)C(C)/C=C/C(=O)O. The van der Waals surface area contributed by atoms with Crippen molar-refractivity contribution in [2.75, 3.05) is 7.11 Å². The van der Waals surface area contributed by atoms with Gasteiger partial charge in [0, 0.05) is 6.08 Å². The van der Waals surface area contributed by atoms with Crippen LogP contribution in [0, 0.1) is 11.7 Å². The van der Waals surface area contributed by atoms with Gasteiger partial charge in [-0.2, -0.15) is 0 Å². The molecule has 19 heavy (non-hydrogen) atoms. The maximum absolute atomic E-state index is 13.4. The number of benzene rings is 1. The van der Waals surface area contributed by atoms with Crippen LogP contribution in [0.25, 0.3) is 0 Å². The molecule has 2 unspecified atom stereocenters. The van der Waals surface area contributed by atoms with E-state index in [-0.39, 0.29) is 17.6 Å². The molecule has 1 aromatic carbocycles. The number of carbonyl (C=O) groups is 1. The maximum Gasteiger partial charge on any atom is 0.327 e. The van der Waals surface area contributed by atoms with Crippen molar-refractivity contribution >= 4 is 5.97 Å². The van der Waals surface area contributed by atoms with Crippen molar-refractivity contribution in [2.24, 2.45) is 5.92 Å². The largest absolute Gasteiger partial charge is 0.494 e. The first-order chi connectivity index (χ1) is 8.99. The summed E-state index contributed by atoms with van der Waals surface area (Å²) in [4.78, 5) is 10.5. The quantitative estimate of drug-likeness (QED) is 0.800.